The van der Waals surface area contributed by atoms with Crippen LogP contribution < -0.4 is 5.32 Å². The summed E-state index contributed by atoms with van der Waals surface area (Å²) in [6, 6.07) is 5.74. The number of halogens is 1. The third kappa shape index (κ3) is 3.91. The van der Waals surface area contributed by atoms with Gasteiger partial charge in [-0.2, -0.15) is 0 Å². The first-order chi connectivity index (χ1) is 10.5. The lowest BCUT2D eigenvalue weighted by Gasteiger charge is -2.06. The van der Waals surface area contributed by atoms with Crippen molar-refractivity contribution in [1.29, 1.82) is 0 Å². The molecule has 0 bridgehead atoms. The number of rotatable bonds is 6. The molecular weight excluding hydrogens is 291 g/mol. The average Bonchev–Trinajstić information content (AvgIpc) is 2.95. The van der Waals surface area contributed by atoms with Crippen LogP contribution in [0.5, 0.6) is 0 Å². The summed E-state index contributed by atoms with van der Waals surface area (Å²) in [5, 5.41) is 11.2. The number of aliphatic carboxylic acids is 1. The number of hydrogen-bond acceptors (Lipinski definition) is 4. The van der Waals surface area contributed by atoms with Crippen LogP contribution in [-0.4, -0.2) is 28.5 Å². The number of aromatic nitrogens is 1. The molecule has 1 atom stereocenters. The van der Waals surface area contributed by atoms with Gasteiger partial charge in [-0.25, -0.2) is 9.37 Å². The van der Waals surface area contributed by atoms with Crippen molar-refractivity contribution in [2.75, 3.05) is 6.54 Å². The fourth-order valence-corrected chi connectivity index (χ4v) is 1.73. The minimum absolute atomic E-state index is 0.256. The minimum atomic E-state index is -1.17. The number of nitrogens with one attached hydrogen (secondary N) is 1. The van der Waals surface area contributed by atoms with Crippen molar-refractivity contribution in [3.63, 3.8) is 0 Å². The zero-order chi connectivity index (χ0) is 16.1. The molecule has 1 aromatic heterocycles. The van der Waals surface area contributed by atoms with Crippen LogP contribution in [-0.2, 0) is 16.0 Å². The molecule has 2 aromatic rings. The zero-order valence-corrected chi connectivity index (χ0v) is 11.9. The number of benzene rings is 1. The molecule has 22 heavy (non-hydrogen) atoms. The van der Waals surface area contributed by atoms with E-state index in [1.165, 1.54) is 25.3 Å². The van der Waals surface area contributed by atoms with E-state index in [9.17, 15) is 14.0 Å². The van der Waals surface area contributed by atoms with Gasteiger partial charge in [0, 0.05) is 18.5 Å². The number of carbonyl (C=O) groups is 2. The lowest BCUT2D eigenvalue weighted by Crippen LogP contribution is -2.34. The number of hydrogen-bond donors (Lipinski definition) is 2. The maximum Gasteiger partial charge on any atom is 0.315 e. The van der Waals surface area contributed by atoms with Crippen LogP contribution in [0.25, 0.3) is 11.5 Å². The largest absolute Gasteiger partial charge is 0.481 e. The number of carboxylic acid groups (broad SMARTS) is 1. The van der Waals surface area contributed by atoms with E-state index in [2.05, 4.69) is 10.3 Å². The highest BCUT2D eigenvalue weighted by atomic mass is 19.1. The van der Waals surface area contributed by atoms with Crippen molar-refractivity contribution in [3.8, 4) is 11.5 Å². The SMILES string of the molecule is CC(C(=O)O)C(=O)NCCc1coc(-c2ccc(F)cc2)n1. The summed E-state index contributed by atoms with van der Waals surface area (Å²) in [5.41, 5.74) is 1.26. The van der Waals surface area contributed by atoms with Gasteiger partial charge in [0.15, 0.2) is 0 Å². The lowest BCUT2D eigenvalue weighted by atomic mass is 10.1. The molecular formula is C15H15FN2O4. The molecule has 1 unspecified atom stereocenters. The van der Waals surface area contributed by atoms with E-state index in [4.69, 9.17) is 9.52 Å². The van der Waals surface area contributed by atoms with E-state index in [0.29, 0.717) is 23.6 Å². The van der Waals surface area contributed by atoms with Crippen molar-refractivity contribution in [3.05, 3.63) is 42.0 Å². The Morgan fingerprint density at radius 1 is 1.36 bits per heavy atom. The third-order valence-corrected chi connectivity index (χ3v) is 3.09. The number of carbonyl (C=O) groups excluding carboxylic acids is 1. The van der Waals surface area contributed by atoms with Crippen molar-refractivity contribution in [2.24, 2.45) is 5.92 Å². The molecule has 0 fully saturated rings. The summed E-state index contributed by atoms with van der Waals surface area (Å²) < 4.78 is 18.1. The molecule has 2 N–H and O–H groups in total. The molecule has 0 radical (unpaired) electrons. The molecule has 0 saturated carbocycles. The number of carboxylic acids is 1. The standard InChI is InChI=1S/C15H15FN2O4/c1-9(15(20)21)13(19)17-7-6-12-8-22-14(18-12)10-2-4-11(16)5-3-10/h2-5,8-9H,6-7H2,1H3,(H,17,19)(H,20,21). The normalized spacial score (nSPS) is 11.9. The Morgan fingerprint density at radius 3 is 2.68 bits per heavy atom. The lowest BCUT2D eigenvalue weighted by molar-refractivity contribution is -0.146. The van der Waals surface area contributed by atoms with Crippen LogP contribution in [0.4, 0.5) is 4.39 Å². The molecule has 2 rings (SSSR count). The van der Waals surface area contributed by atoms with Gasteiger partial charge in [-0.15, -0.1) is 0 Å². The summed E-state index contributed by atoms with van der Waals surface area (Å²) in [7, 11) is 0. The van der Waals surface area contributed by atoms with Gasteiger partial charge >= 0.3 is 5.97 Å². The summed E-state index contributed by atoms with van der Waals surface area (Å²) >= 11 is 0. The average molecular weight is 306 g/mol. The maximum absolute atomic E-state index is 12.8. The quantitative estimate of drug-likeness (QED) is 0.795. The van der Waals surface area contributed by atoms with Crippen molar-refractivity contribution in [1.82, 2.24) is 10.3 Å². The fourth-order valence-electron chi connectivity index (χ4n) is 1.73. The van der Waals surface area contributed by atoms with Gasteiger partial charge in [-0.05, 0) is 31.2 Å². The number of amides is 1. The highest BCUT2D eigenvalue weighted by Gasteiger charge is 2.19. The highest BCUT2D eigenvalue weighted by molar-refractivity contribution is 5.96. The topological polar surface area (TPSA) is 92.4 Å². The summed E-state index contributed by atoms with van der Waals surface area (Å²) in [6.45, 7) is 1.58. The second-order valence-electron chi connectivity index (χ2n) is 4.75. The monoisotopic (exact) mass is 306 g/mol. The predicted molar refractivity (Wildman–Crippen MR) is 75.4 cm³/mol. The first kappa shape index (κ1) is 15.7. The molecule has 0 aliphatic heterocycles. The molecule has 6 nitrogen and oxygen atoms in total. The van der Waals surface area contributed by atoms with Crippen LogP contribution in [0.15, 0.2) is 34.9 Å². The van der Waals surface area contributed by atoms with Crippen LogP contribution >= 0.6 is 0 Å². The maximum atomic E-state index is 12.8. The summed E-state index contributed by atoms with van der Waals surface area (Å²) in [6.07, 6.45) is 1.86. The van der Waals surface area contributed by atoms with E-state index >= 15 is 0 Å². The molecule has 116 valence electrons. The van der Waals surface area contributed by atoms with E-state index in [-0.39, 0.29) is 12.4 Å². The smallest absolute Gasteiger partial charge is 0.315 e. The van der Waals surface area contributed by atoms with Crippen LogP contribution in [0.3, 0.4) is 0 Å². The Balaban J connectivity index is 1.89. The Bertz CT molecular complexity index is 666. The van der Waals surface area contributed by atoms with Gasteiger partial charge in [0.1, 0.15) is 18.0 Å². The molecule has 1 heterocycles. The molecule has 0 aliphatic carbocycles. The van der Waals surface area contributed by atoms with Gasteiger partial charge in [-0.1, -0.05) is 0 Å². The summed E-state index contributed by atoms with van der Waals surface area (Å²) in [5.74, 6) is -2.79. The molecule has 0 aliphatic rings. The van der Waals surface area contributed by atoms with E-state index in [0.717, 1.165) is 0 Å². The van der Waals surface area contributed by atoms with Gasteiger partial charge < -0.3 is 14.8 Å². The first-order valence-corrected chi connectivity index (χ1v) is 6.68. The number of oxazole rings is 1. The van der Waals surface area contributed by atoms with Crippen LogP contribution in [0.1, 0.15) is 12.6 Å². The molecule has 0 spiro atoms. The van der Waals surface area contributed by atoms with Crippen LogP contribution in [0.2, 0.25) is 0 Å². The molecule has 7 heteroatoms. The van der Waals surface area contributed by atoms with Gasteiger partial charge in [0.25, 0.3) is 0 Å². The van der Waals surface area contributed by atoms with Crippen molar-refractivity contribution in [2.45, 2.75) is 13.3 Å². The van der Waals surface area contributed by atoms with Crippen molar-refractivity contribution < 1.29 is 23.5 Å². The van der Waals surface area contributed by atoms with Gasteiger partial charge in [-0.3, -0.25) is 9.59 Å². The number of nitrogens with zero attached hydrogens (tertiary/aromatic N) is 1. The van der Waals surface area contributed by atoms with E-state index in [1.807, 2.05) is 0 Å². The van der Waals surface area contributed by atoms with Crippen LogP contribution in [0, 0.1) is 11.7 Å². The van der Waals surface area contributed by atoms with E-state index < -0.39 is 17.8 Å². The molecule has 1 amide bonds. The zero-order valence-electron chi connectivity index (χ0n) is 11.9. The Morgan fingerprint density at radius 2 is 2.05 bits per heavy atom. The molecule has 1 aromatic carbocycles. The Kier molecular flexibility index (Phi) is 4.88. The van der Waals surface area contributed by atoms with Crippen molar-refractivity contribution >= 4 is 11.9 Å². The Labute approximate surface area is 126 Å². The van der Waals surface area contributed by atoms with Gasteiger partial charge in [0.2, 0.25) is 11.8 Å². The second-order valence-corrected chi connectivity index (χ2v) is 4.75. The first-order valence-electron chi connectivity index (χ1n) is 6.68. The van der Waals surface area contributed by atoms with E-state index in [1.54, 1.807) is 12.1 Å². The minimum Gasteiger partial charge on any atom is -0.481 e. The second kappa shape index (κ2) is 6.84. The predicted octanol–water partition coefficient (Wildman–Crippen LogP) is 1.86. The highest BCUT2D eigenvalue weighted by Crippen LogP contribution is 2.18. The third-order valence-electron chi connectivity index (χ3n) is 3.09. The summed E-state index contributed by atoms with van der Waals surface area (Å²) in [4.78, 5) is 26.3. The molecule has 0 saturated heterocycles. The Hall–Kier alpha value is -2.70. The fraction of sp³-hybridized carbons (Fsp3) is 0.267. The van der Waals surface area contributed by atoms with Gasteiger partial charge in [0.05, 0.1) is 5.69 Å².